The molecular weight excluding hydrogens is 629 g/mol. The lowest BCUT2D eigenvalue weighted by atomic mass is 10.1. The van der Waals surface area contributed by atoms with Gasteiger partial charge < -0.3 is 4.57 Å². The number of hydrogen-bond acceptors (Lipinski definition) is 4. The van der Waals surface area contributed by atoms with Crippen LogP contribution in [-0.4, -0.2) is 19.5 Å². The van der Waals surface area contributed by atoms with E-state index in [1.165, 1.54) is 48.4 Å². The molecule has 3 aromatic heterocycles. The van der Waals surface area contributed by atoms with Crippen molar-refractivity contribution in [3.63, 3.8) is 0 Å². The van der Waals surface area contributed by atoms with E-state index in [2.05, 4.69) is 138 Å². The summed E-state index contributed by atoms with van der Waals surface area (Å²) in [4.78, 5) is 15.1. The highest BCUT2D eigenvalue weighted by molar-refractivity contribution is 7.27. The maximum absolute atomic E-state index is 5.09. The highest BCUT2D eigenvalue weighted by Crippen LogP contribution is 2.45. The summed E-state index contributed by atoms with van der Waals surface area (Å²) in [5, 5.41) is 4.91. The Hall–Kier alpha value is -6.43. The molecule has 0 radical (unpaired) electrons. The number of thiophene rings is 1. The molecule has 0 aliphatic heterocycles. The van der Waals surface area contributed by atoms with Crippen LogP contribution in [0.3, 0.4) is 0 Å². The van der Waals surface area contributed by atoms with E-state index in [1.807, 2.05) is 47.7 Å². The number of rotatable bonds is 5. The van der Waals surface area contributed by atoms with Crippen molar-refractivity contribution in [3.8, 4) is 51.0 Å². The highest BCUT2D eigenvalue weighted by atomic mass is 32.1. The molecule has 0 fully saturated rings. The molecule has 10 rings (SSSR count). The number of fused-ring (bicyclic) bond motifs is 7. The summed E-state index contributed by atoms with van der Waals surface area (Å²) in [5.41, 5.74) is 8.88. The van der Waals surface area contributed by atoms with E-state index < -0.39 is 0 Å². The summed E-state index contributed by atoms with van der Waals surface area (Å²) in [6.07, 6.45) is 0. The van der Waals surface area contributed by atoms with Crippen molar-refractivity contribution in [3.05, 3.63) is 170 Å². The van der Waals surface area contributed by atoms with Crippen molar-refractivity contribution in [1.29, 1.82) is 0 Å². The molecule has 7 aromatic carbocycles. The molecule has 0 saturated heterocycles. The van der Waals surface area contributed by atoms with Gasteiger partial charge in [-0.3, -0.25) is 0 Å². The Balaban J connectivity index is 1.22. The van der Waals surface area contributed by atoms with E-state index >= 15 is 0 Å². The number of para-hydroxylation sites is 1. The zero-order valence-electron chi connectivity index (χ0n) is 26.9. The second-order valence-corrected chi connectivity index (χ2v) is 13.4. The first-order valence-corrected chi connectivity index (χ1v) is 17.5. The quantitative estimate of drug-likeness (QED) is 0.185. The van der Waals surface area contributed by atoms with E-state index in [9.17, 15) is 0 Å². The third-order valence-electron chi connectivity index (χ3n) is 9.47. The molecule has 0 aliphatic rings. The molecule has 0 saturated carbocycles. The third-order valence-corrected chi connectivity index (χ3v) is 10.7. The fraction of sp³-hybridized carbons (Fsp3) is 0. The average Bonchev–Trinajstić information content (AvgIpc) is 3.75. The molecule has 0 spiro atoms. The molecule has 0 N–H and O–H groups in total. The van der Waals surface area contributed by atoms with Crippen molar-refractivity contribution in [2.24, 2.45) is 0 Å². The predicted octanol–water partition coefficient (Wildman–Crippen LogP) is 12.0. The lowest BCUT2D eigenvalue weighted by Gasteiger charge is -2.10. The number of aromatic nitrogens is 4. The smallest absolute Gasteiger partial charge is 0.165 e. The molecule has 4 nitrogen and oxygen atoms in total. The van der Waals surface area contributed by atoms with E-state index in [4.69, 9.17) is 15.0 Å². The normalized spacial score (nSPS) is 11.6. The summed E-state index contributed by atoms with van der Waals surface area (Å²) in [6.45, 7) is 0. The van der Waals surface area contributed by atoms with Gasteiger partial charge in [-0.25, -0.2) is 15.0 Å². The van der Waals surface area contributed by atoms with Gasteiger partial charge in [0.25, 0.3) is 0 Å². The Bertz CT molecular complexity index is 2780. The number of nitrogens with zero attached hydrogens (tertiary/aromatic N) is 4. The molecule has 5 heteroatoms. The van der Waals surface area contributed by atoms with Crippen molar-refractivity contribution in [2.75, 3.05) is 0 Å². The monoisotopic (exact) mass is 656 g/mol. The fourth-order valence-corrected chi connectivity index (χ4v) is 8.46. The van der Waals surface area contributed by atoms with Gasteiger partial charge in [-0.05, 0) is 35.4 Å². The SMILES string of the molecule is c1ccc(-c2ccc(-n3c4ccccc4c4ccc5c6cccc(-c7nc(-c8ccccc8)nc(-c8ccccc8)n7)c6sc5c43)cc2)cc1. The molecule has 0 aliphatic carbocycles. The van der Waals surface area contributed by atoms with Gasteiger partial charge in [0, 0.05) is 48.6 Å². The van der Waals surface area contributed by atoms with Crippen LogP contribution >= 0.6 is 11.3 Å². The first kappa shape index (κ1) is 28.6. The standard InChI is InChI=1S/C45H28N4S/c1-4-13-29(14-5-1)30-23-25-33(26-24-30)49-39-22-11-10-19-34(39)35-27-28-37-36-20-12-21-38(41(36)50-42(37)40(35)49)45-47-43(31-15-6-2-7-16-31)46-44(48-45)32-17-8-3-9-18-32/h1-28H. The molecule has 0 amide bonds. The summed E-state index contributed by atoms with van der Waals surface area (Å²) < 4.78 is 4.84. The zero-order chi connectivity index (χ0) is 33.0. The van der Waals surface area contributed by atoms with Crippen LogP contribution in [0.1, 0.15) is 0 Å². The Morgan fingerprint density at radius 3 is 1.56 bits per heavy atom. The second kappa shape index (κ2) is 11.6. The number of hydrogen-bond donors (Lipinski definition) is 0. The maximum Gasteiger partial charge on any atom is 0.165 e. The average molecular weight is 657 g/mol. The van der Waals surface area contributed by atoms with Crippen LogP contribution in [0.25, 0.3) is 93.0 Å². The first-order valence-electron chi connectivity index (χ1n) is 16.7. The second-order valence-electron chi connectivity index (χ2n) is 12.4. The van der Waals surface area contributed by atoms with Crippen LogP contribution in [0.5, 0.6) is 0 Å². The van der Waals surface area contributed by atoms with Gasteiger partial charge in [-0.15, -0.1) is 11.3 Å². The lowest BCUT2D eigenvalue weighted by Crippen LogP contribution is -2.00. The van der Waals surface area contributed by atoms with Gasteiger partial charge in [0.1, 0.15) is 0 Å². The molecule has 50 heavy (non-hydrogen) atoms. The van der Waals surface area contributed by atoms with E-state index in [0.717, 1.165) is 27.1 Å². The van der Waals surface area contributed by atoms with Crippen molar-refractivity contribution in [1.82, 2.24) is 19.5 Å². The maximum atomic E-state index is 5.09. The topological polar surface area (TPSA) is 43.6 Å². The van der Waals surface area contributed by atoms with Crippen LogP contribution in [0.15, 0.2) is 170 Å². The van der Waals surface area contributed by atoms with Crippen LogP contribution in [-0.2, 0) is 0 Å². The predicted molar refractivity (Wildman–Crippen MR) is 209 cm³/mol. The van der Waals surface area contributed by atoms with Crippen LogP contribution in [0, 0.1) is 0 Å². The van der Waals surface area contributed by atoms with Crippen molar-refractivity contribution in [2.45, 2.75) is 0 Å². The fourth-order valence-electron chi connectivity index (χ4n) is 7.11. The Kier molecular flexibility index (Phi) is 6.64. The molecule has 3 heterocycles. The summed E-state index contributed by atoms with van der Waals surface area (Å²) >= 11 is 1.82. The molecule has 10 aromatic rings. The Morgan fingerprint density at radius 2 is 0.880 bits per heavy atom. The summed E-state index contributed by atoms with van der Waals surface area (Å²) in [6, 6.07) is 59.6. The minimum Gasteiger partial charge on any atom is -0.308 e. The lowest BCUT2D eigenvalue weighted by molar-refractivity contribution is 1.08. The van der Waals surface area contributed by atoms with Crippen LogP contribution in [0.2, 0.25) is 0 Å². The van der Waals surface area contributed by atoms with Gasteiger partial charge in [-0.1, -0.05) is 146 Å². The van der Waals surface area contributed by atoms with Crippen molar-refractivity contribution >= 4 is 53.3 Å². The van der Waals surface area contributed by atoms with Crippen LogP contribution < -0.4 is 0 Å². The van der Waals surface area contributed by atoms with Gasteiger partial charge in [-0.2, -0.15) is 0 Å². The summed E-state index contributed by atoms with van der Waals surface area (Å²) in [5.74, 6) is 1.99. The zero-order valence-corrected chi connectivity index (χ0v) is 27.7. The van der Waals surface area contributed by atoms with Gasteiger partial charge in [0.05, 0.1) is 15.7 Å². The molecule has 0 unspecified atom stereocenters. The molecule has 234 valence electrons. The van der Waals surface area contributed by atoms with E-state index in [1.54, 1.807) is 0 Å². The van der Waals surface area contributed by atoms with Gasteiger partial charge in [0.2, 0.25) is 0 Å². The van der Waals surface area contributed by atoms with Crippen molar-refractivity contribution < 1.29 is 0 Å². The highest BCUT2D eigenvalue weighted by Gasteiger charge is 2.21. The molecular formula is C45H28N4S. The van der Waals surface area contributed by atoms with E-state index in [0.29, 0.717) is 17.5 Å². The Labute approximate surface area is 292 Å². The largest absolute Gasteiger partial charge is 0.308 e. The van der Waals surface area contributed by atoms with Crippen LogP contribution in [0.4, 0.5) is 0 Å². The number of benzene rings is 7. The summed E-state index contributed by atoms with van der Waals surface area (Å²) in [7, 11) is 0. The molecule has 0 bridgehead atoms. The molecule has 0 atom stereocenters. The van der Waals surface area contributed by atoms with Gasteiger partial charge >= 0.3 is 0 Å². The van der Waals surface area contributed by atoms with Gasteiger partial charge in [0.15, 0.2) is 17.5 Å². The minimum atomic E-state index is 0.661. The van der Waals surface area contributed by atoms with E-state index in [-0.39, 0.29) is 0 Å². The Morgan fingerprint density at radius 1 is 0.360 bits per heavy atom. The minimum absolute atomic E-state index is 0.661. The third kappa shape index (κ3) is 4.63. The first-order chi connectivity index (χ1) is 24.8.